The summed E-state index contributed by atoms with van der Waals surface area (Å²) in [4.78, 5) is 31.6. The summed E-state index contributed by atoms with van der Waals surface area (Å²) in [6, 6.07) is 22.9. The van der Waals surface area contributed by atoms with Gasteiger partial charge in [0.15, 0.2) is 11.6 Å². The van der Waals surface area contributed by atoms with E-state index in [1.165, 1.54) is 6.33 Å². The van der Waals surface area contributed by atoms with Gasteiger partial charge in [-0.25, -0.2) is 19.9 Å². The van der Waals surface area contributed by atoms with E-state index in [4.69, 9.17) is 22.3 Å². The summed E-state index contributed by atoms with van der Waals surface area (Å²) in [6.07, 6.45) is 3.01. The molecule has 2 aliphatic heterocycles. The molecule has 0 atom stereocenters. The largest absolute Gasteiger partial charge is 0.382 e. The van der Waals surface area contributed by atoms with E-state index in [9.17, 15) is 4.79 Å². The van der Waals surface area contributed by atoms with Crippen molar-refractivity contribution >= 4 is 28.3 Å². The van der Waals surface area contributed by atoms with E-state index < -0.39 is 0 Å². The maximum atomic E-state index is 14.0. The fourth-order valence-electron chi connectivity index (χ4n) is 4.29. The molecule has 3 aromatic carbocycles. The summed E-state index contributed by atoms with van der Waals surface area (Å²) >= 11 is 6.47. The Labute approximate surface area is 204 Å². The Morgan fingerprint density at radius 3 is 2.54 bits per heavy atom. The normalized spacial score (nSPS) is 11.3. The maximum absolute atomic E-state index is 14.0. The number of aromatic nitrogens is 6. The molecule has 0 saturated carbocycles. The predicted octanol–water partition coefficient (Wildman–Crippen LogP) is 4.43. The molecular weight excluding hydrogens is 462 g/mol. The van der Waals surface area contributed by atoms with Gasteiger partial charge in [-0.2, -0.15) is 0 Å². The Hall–Kier alpha value is -4.56. The van der Waals surface area contributed by atoms with Crippen LogP contribution in [-0.2, 0) is 6.54 Å². The molecule has 1 aromatic heterocycles. The molecule has 6 rings (SSSR count). The van der Waals surface area contributed by atoms with Gasteiger partial charge in [0.1, 0.15) is 17.8 Å². The summed E-state index contributed by atoms with van der Waals surface area (Å²) in [6.45, 7) is 0.212. The molecule has 35 heavy (non-hydrogen) atoms. The first kappa shape index (κ1) is 21.0. The summed E-state index contributed by atoms with van der Waals surface area (Å²) in [5.74, 6) is 1.34. The Morgan fingerprint density at radius 1 is 0.886 bits per heavy atom. The molecule has 0 aliphatic carbocycles. The molecule has 170 valence electrons. The first-order valence-electron chi connectivity index (χ1n) is 10.9. The minimum atomic E-state index is -0.257. The topological polar surface area (TPSA) is 105 Å². The van der Waals surface area contributed by atoms with Gasteiger partial charge in [-0.1, -0.05) is 66.2 Å². The average molecular weight is 480 g/mol. The second kappa shape index (κ2) is 8.34. The van der Waals surface area contributed by atoms with Crippen molar-refractivity contribution in [2.75, 3.05) is 5.73 Å². The fourth-order valence-corrected chi connectivity index (χ4v) is 4.54. The second-order valence-corrected chi connectivity index (χ2v) is 8.40. The number of anilines is 1. The molecule has 0 radical (unpaired) electrons. The molecule has 8 nitrogen and oxygen atoms in total. The fraction of sp³-hybridized carbons (Fsp3) is 0.0385. The van der Waals surface area contributed by atoms with Crippen LogP contribution in [0.4, 0.5) is 5.82 Å². The summed E-state index contributed by atoms with van der Waals surface area (Å²) in [7, 11) is 0. The van der Waals surface area contributed by atoms with Crippen LogP contribution in [0.3, 0.4) is 0 Å². The molecule has 4 aromatic rings. The Kier molecular flexibility index (Phi) is 5.00. The quantitative estimate of drug-likeness (QED) is 0.401. The third-order valence-corrected chi connectivity index (χ3v) is 6.20. The number of hydrogen-bond acceptors (Lipinski definition) is 6. The number of nitrogen functional groups attached to an aromatic ring is 1. The SMILES string of the molecule is Nc1ncn(Cc2nc3cccc(Cl)c3c(=O)n2-c2ccccc2-c2ccccc2)c2ncnc1-2. The first-order valence-corrected chi connectivity index (χ1v) is 11.3. The number of para-hydroxylation sites is 1. The van der Waals surface area contributed by atoms with E-state index in [2.05, 4.69) is 15.0 Å². The third kappa shape index (κ3) is 3.51. The van der Waals surface area contributed by atoms with Gasteiger partial charge in [0.05, 0.1) is 34.5 Å². The van der Waals surface area contributed by atoms with E-state index in [-0.39, 0.29) is 12.1 Å². The van der Waals surface area contributed by atoms with Crippen LogP contribution in [0.25, 0.3) is 39.2 Å². The van der Waals surface area contributed by atoms with Crippen molar-refractivity contribution in [1.29, 1.82) is 0 Å². The Morgan fingerprint density at radius 2 is 1.69 bits per heavy atom. The van der Waals surface area contributed by atoms with E-state index >= 15 is 0 Å². The Bertz CT molecular complexity index is 1730. The molecule has 3 heterocycles. The van der Waals surface area contributed by atoms with Gasteiger partial charge >= 0.3 is 0 Å². The number of benzene rings is 3. The van der Waals surface area contributed by atoms with Crippen molar-refractivity contribution < 1.29 is 0 Å². The number of halogens is 1. The summed E-state index contributed by atoms with van der Waals surface area (Å²) in [5.41, 5.74) is 9.29. The van der Waals surface area contributed by atoms with Gasteiger partial charge in [0.2, 0.25) is 0 Å². The molecule has 0 spiro atoms. The van der Waals surface area contributed by atoms with Crippen LogP contribution in [0, 0.1) is 0 Å². The number of rotatable bonds is 4. The third-order valence-electron chi connectivity index (χ3n) is 5.89. The van der Waals surface area contributed by atoms with E-state index in [1.54, 1.807) is 33.7 Å². The minimum absolute atomic E-state index is 0.212. The van der Waals surface area contributed by atoms with Crippen LogP contribution < -0.4 is 11.3 Å². The number of hydrogen-bond donors (Lipinski definition) is 1. The van der Waals surface area contributed by atoms with Crippen molar-refractivity contribution in [3.63, 3.8) is 0 Å². The van der Waals surface area contributed by atoms with Crippen LogP contribution >= 0.6 is 11.6 Å². The maximum Gasteiger partial charge on any atom is 0.267 e. The number of fused-ring (bicyclic) bond motifs is 2. The van der Waals surface area contributed by atoms with Gasteiger partial charge in [-0.05, 0) is 23.8 Å². The molecular formula is C26H18ClN7O. The first-order chi connectivity index (χ1) is 17.1. The lowest BCUT2D eigenvalue weighted by atomic mass is 10.0. The van der Waals surface area contributed by atoms with Gasteiger partial charge in [0.25, 0.3) is 5.56 Å². The van der Waals surface area contributed by atoms with Crippen LogP contribution in [0.5, 0.6) is 0 Å². The van der Waals surface area contributed by atoms with Crippen molar-refractivity contribution in [3.8, 4) is 28.3 Å². The van der Waals surface area contributed by atoms with Crippen molar-refractivity contribution in [3.05, 3.63) is 107 Å². The number of nitrogens with two attached hydrogens (primary N) is 1. The lowest BCUT2D eigenvalue weighted by molar-refractivity contribution is 0.691. The average Bonchev–Trinajstić information content (AvgIpc) is 3.38. The zero-order chi connectivity index (χ0) is 23.9. The smallest absolute Gasteiger partial charge is 0.267 e. The van der Waals surface area contributed by atoms with Crippen molar-refractivity contribution in [2.45, 2.75) is 6.54 Å². The van der Waals surface area contributed by atoms with Gasteiger partial charge < -0.3 is 10.3 Å². The van der Waals surface area contributed by atoms with E-state index in [0.29, 0.717) is 44.8 Å². The molecule has 2 aliphatic rings. The van der Waals surface area contributed by atoms with E-state index in [1.807, 2.05) is 54.6 Å². The number of nitrogens with zero attached hydrogens (tertiary/aromatic N) is 6. The zero-order valence-electron chi connectivity index (χ0n) is 18.3. The second-order valence-electron chi connectivity index (χ2n) is 7.99. The van der Waals surface area contributed by atoms with Crippen molar-refractivity contribution in [1.82, 2.24) is 29.1 Å². The molecule has 0 fully saturated rings. The van der Waals surface area contributed by atoms with Gasteiger partial charge in [-0.15, -0.1) is 0 Å². The number of imidazole rings is 1. The van der Waals surface area contributed by atoms with Crippen LogP contribution in [0.1, 0.15) is 5.82 Å². The highest BCUT2D eigenvalue weighted by atomic mass is 35.5. The van der Waals surface area contributed by atoms with Crippen LogP contribution in [-0.4, -0.2) is 29.1 Å². The predicted molar refractivity (Wildman–Crippen MR) is 136 cm³/mol. The highest BCUT2D eigenvalue weighted by molar-refractivity contribution is 6.35. The van der Waals surface area contributed by atoms with Gasteiger partial charge in [0, 0.05) is 5.56 Å². The molecule has 2 N–H and O–H groups in total. The lowest BCUT2D eigenvalue weighted by Crippen LogP contribution is -2.26. The van der Waals surface area contributed by atoms with Gasteiger partial charge in [-0.3, -0.25) is 9.36 Å². The van der Waals surface area contributed by atoms with Crippen molar-refractivity contribution in [2.24, 2.45) is 0 Å². The minimum Gasteiger partial charge on any atom is -0.382 e. The standard InChI is InChI=1S/C26H18ClN7O/c27-18-10-6-11-19-22(18)26(35)34(20-12-5-4-9-17(20)16-7-2-1-3-8-16)21(32-19)13-33-15-31-24(28)23-25(33)30-14-29-23/h1-12,14-15H,13,28H2. The molecule has 9 heteroatoms. The molecule has 0 bridgehead atoms. The molecule has 0 saturated heterocycles. The van der Waals surface area contributed by atoms with E-state index in [0.717, 1.165) is 11.1 Å². The Balaban J connectivity index is 1.64. The van der Waals surface area contributed by atoms with Crippen LogP contribution in [0.15, 0.2) is 90.2 Å². The highest BCUT2D eigenvalue weighted by Crippen LogP contribution is 2.29. The van der Waals surface area contributed by atoms with Crippen LogP contribution in [0.2, 0.25) is 5.02 Å². The molecule has 0 amide bonds. The molecule has 0 unspecified atom stereocenters. The lowest BCUT2D eigenvalue weighted by Gasteiger charge is -2.19. The summed E-state index contributed by atoms with van der Waals surface area (Å²) in [5, 5.41) is 0.711. The zero-order valence-corrected chi connectivity index (χ0v) is 19.1. The monoisotopic (exact) mass is 479 g/mol. The highest BCUT2D eigenvalue weighted by Gasteiger charge is 2.21. The summed E-state index contributed by atoms with van der Waals surface area (Å²) < 4.78 is 3.39.